The van der Waals surface area contributed by atoms with Crippen molar-refractivity contribution in [2.45, 2.75) is 6.18 Å². The average Bonchev–Trinajstić information content (AvgIpc) is 2.68. The first kappa shape index (κ1) is 14.7. The second-order valence-electron chi connectivity index (χ2n) is 3.60. The Labute approximate surface area is 127 Å². The molecule has 2 aromatic rings. The number of rotatable bonds is 2. The van der Waals surface area contributed by atoms with E-state index in [0.717, 1.165) is 17.4 Å². The molecule has 100 valence electrons. The monoisotopic (exact) mass is 412 g/mol. The minimum atomic E-state index is -4.55. The normalized spacial score (nSPS) is 11.6. The lowest BCUT2D eigenvalue weighted by atomic mass is 10.0. The van der Waals surface area contributed by atoms with E-state index in [-0.39, 0.29) is 10.4 Å². The molecule has 19 heavy (non-hydrogen) atoms. The van der Waals surface area contributed by atoms with E-state index in [1.807, 2.05) is 0 Å². The molecule has 2 rings (SSSR count). The topological polar surface area (TPSA) is 17.1 Å². The molecule has 0 atom stereocenters. The molecule has 0 spiro atoms. The van der Waals surface area contributed by atoms with Crippen LogP contribution in [0.25, 0.3) is 0 Å². The van der Waals surface area contributed by atoms with Gasteiger partial charge in [-0.25, -0.2) is 0 Å². The van der Waals surface area contributed by atoms with E-state index in [4.69, 9.17) is 0 Å². The molecule has 0 fully saturated rings. The second kappa shape index (κ2) is 5.38. The predicted octanol–water partition coefficient (Wildman–Crippen LogP) is 5.52. The Morgan fingerprint density at radius 3 is 2.32 bits per heavy atom. The highest BCUT2D eigenvalue weighted by Gasteiger charge is 2.35. The Morgan fingerprint density at radius 1 is 1.16 bits per heavy atom. The maximum atomic E-state index is 12.9. The van der Waals surface area contributed by atoms with Crippen LogP contribution in [0.1, 0.15) is 20.8 Å². The Hall–Kier alpha value is -0.660. The molecule has 1 aromatic carbocycles. The molecular formula is C12H5Br2F3OS. The highest BCUT2D eigenvalue weighted by Crippen LogP contribution is 2.37. The minimum absolute atomic E-state index is 0.239. The van der Waals surface area contributed by atoms with Crippen LogP contribution in [0.3, 0.4) is 0 Å². The van der Waals surface area contributed by atoms with Gasteiger partial charge in [0.15, 0.2) is 0 Å². The van der Waals surface area contributed by atoms with Gasteiger partial charge in [-0.1, -0.05) is 18.2 Å². The molecule has 0 saturated heterocycles. The van der Waals surface area contributed by atoms with Gasteiger partial charge < -0.3 is 0 Å². The summed E-state index contributed by atoms with van der Waals surface area (Å²) in [5.41, 5.74) is -1.26. The van der Waals surface area contributed by atoms with Crippen molar-refractivity contribution in [3.05, 3.63) is 54.6 Å². The first-order valence-corrected chi connectivity index (χ1v) is 7.42. The quantitative estimate of drug-likeness (QED) is 0.592. The summed E-state index contributed by atoms with van der Waals surface area (Å²) in [6.45, 7) is 0. The zero-order valence-corrected chi connectivity index (χ0v) is 13.1. The van der Waals surface area contributed by atoms with Gasteiger partial charge in [0, 0.05) is 15.4 Å². The van der Waals surface area contributed by atoms with E-state index in [1.54, 1.807) is 5.38 Å². The van der Waals surface area contributed by atoms with Gasteiger partial charge in [-0.05, 0) is 37.9 Å². The van der Waals surface area contributed by atoms with Crippen molar-refractivity contribution < 1.29 is 18.0 Å². The first-order chi connectivity index (χ1) is 8.82. The van der Waals surface area contributed by atoms with Crippen LogP contribution in [0, 0.1) is 0 Å². The lowest BCUT2D eigenvalue weighted by Crippen LogP contribution is -2.13. The molecule has 0 aliphatic carbocycles. The fourth-order valence-electron chi connectivity index (χ4n) is 1.53. The smallest absolute Gasteiger partial charge is 0.288 e. The molecule has 7 heteroatoms. The number of ketones is 1. The molecule has 0 bridgehead atoms. The molecule has 0 aliphatic rings. The van der Waals surface area contributed by atoms with Crippen molar-refractivity contribution in [3.63, 3.8) is 0 Å². The summed E-state index contributed by atoms with van der Waals surface area (Å²) in [6, 6.07) is 4.77. The van der Waals surface area contributed by atoms with Gasteiger partial charge in [0.2, 0.25) is 5.78 Å². The number of halogens is 5. The van der Waals surface area contributed by atoms with E-state index in [2.05, 4.69) is 31.9 Å². The predicted molar refractivity (Wildman–Crippen MR) is 74.6 cm³/mol. The summed E-state index contributed by atoms with van der Waals surface area (Å²) in [7, 11) is 0. The number of carbonyl (C=O) groups is 1. The van der Waals surface area contributed by atoms with Gasteiger partial charge in [0.25, 0.3) is 0 Å². The third-order valence-corrected chi connectivity index (χ3v) is 5.90. The van der Waals surface area contributed by atoms with E-state index < -0.39 is 17.5 Å². The molecule has 0 radical (unpaired) electrons. The largest absolute Gasteiger partial charge is 0.417 e. The maximum absolute atomic E-state index is 12.9. The Morgan fingerprint density at radius 2 is 1.79 bits per heavy atom. The summed E-state index contributed by atoms with van der Waals surface area (Å²) >= 11 is 7.48. The van der Waals surface area contributed by atoms with Crippen molar-refractivity contribution >= 4 is 49.0 Å². The van der Waals surface area contributed by atoms with Crippen molar-refractivity contribution in [3.8, 4) is 0 Å². The van der Waals surface area contributed by atoms with Crippen LogP contribution >= 0.6 is 43.2 Å². The van der Waals surface area contributed by atoms with E-state index in [9.17, 15) is 18.0 Å². The fourth-order valence-corrected chi connectivity index (χ4v) is 3.63. The third-order valence-electron chi connectivity index (χ3n) is 2.37. The molecule has 1 heterocycles. The third kappa shape index (κ3) is 2.93. The number of benzene rings is 1. The Kier molecular flexibility index (Phi) is 4.17. The number of thiophene rings is 1. The summed E-state index contributed by atoms with van der Waals surface area (Å²) in [5, 5.41) is 1.65. The zero-order chi connectivity index (χ0) is 14.2. The highest BCUT2D eigenvalue weighted by atomic mass is 79.9. The van der Waals surface area contributed by atoms with Crippen molar-refractivity contribution in [2.24, 2.45) is 0 Å². The van der Waals surface area contributed by atoms with Crippen LogP contribution in [0.2, 0.25) is 0 Å². The molecular weight excluding hydrogens is 409 g/mol. The van der Waals surface area contributed by atoms with E-state index >= 15 is 0 Å². The van der Waals surface area contributed by atoms with Gasteiger partial charge in [0.1, 0.15) is 0 Å². The number of carbonyl (C=O) groups excluding carboxylic acids is 1. The van der Waals surface area contributed by atoms with Gasteiger partial charge in [-0.15, -0.1) is 11.3 Å². The molecule has 0 aliphatic heterocycles. The lowest BCUT2D eigenvalue weighted by molar-refractivity contribution is -0.137. The Balaban J connectivity index is 2.54. The zero-order valence-electron chi connectivity index (χ0n) is 9.09. The maximum Gasteiger partial charge on any atom is 0.417 e. The summed E-state index contributed by atoms with van der Waals surface area (Å²) in [5.74, 6) is -0.643. The Bertz CT molecular complexity index is 634. The summed E-state index contributed by atoms with van der Waals surface area (Å²) < 4.78 is 39.7. The van der Waals surface area contributed by atoms with Crippen molar-refractivity contribution in [2.75, 3.05) is 0 Å². The van der Waals surface area contributed by atoms with Gasteiger partial charge in [0.05, 0.1) is 14.9 Å². The van der Waals surface area contributed by atoms with Gasteiger partial charge in [-0.3, -0.25) is 4.79 Å². The molecule has 0 amide bonds. The number of hydrogen-bond acceptors (Lipinski definition) is 2. The van der Waals surface area contributed by atoms with Crippen molar-refractivity contribution in [1.82, 2.24) is 0 Å². The lowest BCUT2D eigenvalue weighted by Gasteiger charge is -2.11. The molecule has 1 nitrogen and oxygen atoms in total. The van der Waals surface area contributed by atoms with Crippen LogP contribution in [0.15, 0.2) is 38.6 Å². The van der Waals surface area contributed by atoms with Crippen LogP contribution in [0.5, 0.6) is 0 Å². The van der Waals surface area contributed by atoms with Crippen LogP contribution < -0.4 is 0 Å². The summed E-state index contributed by atoms with van der Waals surface area (Å²) in [4.78, 5) is 12.4. The molecule has 0 N–H and O–H groups in total. The summed E-state index contributed by atoms with van der Waals surface area (Å²) in [6.07, 6.45) is -4.55. The fraction of sp³-hybridized carbons (Fsp3) is 0.0833. The van der Waals surface area contributed by atoms with E-state index in [1.165, 1.54) is 18.2 Å². The standard InChI is InChI=1S/C12H5Br2F3OS/c13-8-5-19-11(9(8)14)10(18)6-3-1-2-4-7(6)12(15,16)17/h1-5H. The minimum Gasteiger partial charge on any atom is -0.288 e. The average molecular weight is 414 g/mol. The molecule has 0 unspecified atom stereocenters. The second-order valence-corrected chi connectivity index (χ2v) is 6.13. The van der Waals surface area contributed by atoms with Crippen molar-refractivity contribution in [1.29, 1.82) is 0 Å². The number of hydrogen-bond donors (Lipinski definition) is 0. The SMILES string of the molecule is O=C(c1ccccc1C(F)(F)F)c1scc(Br)c1Br. The van der Waals surface area contributed by atoms with Gasteiger partial charge in [-0.2, -0.15) is 13.2 Å². The van der Waals surface area contributed by atoms with Crippen LogP contribution in [0.4, 0.5) is 13.2 Å². The first-order valence-electron chi connectivity index (χ1n) is 4.95. The molecule has 0 saturated carbocycles. The van der Waals surface area contributed by atoms with Crippen LogP contribution in [-0.2, 0) is 6.18 Å². The number of alkyl halides is 3. The molecule has 1 aromatic heterocycles. The van der Waals surface area contributed by atoms with Gasteiger partial charge >= 0.3 is 6.18 Å². The highest BCUT2D eigenvalue weighted by molar-refractivity contribution is 9.13. The van der Waals surface area contributed by atoms with Crippen LogP contribution in [-0.4, -0.2) is 5.78 Å². The van der Waals surface area contributed by atoms with E-state index in [0.29, 0.717) is 8.95 Å².